The Hall–Kier alpha value is -1.48. The Kier molecular flexibility index (Phi) is 5.96. The second kappa shape index (κ2) is 8.04. The first-order valence-corrected chi connectivity index (χ1v) is 8.75. The molecular formula is C18H23F3N2O3. The van der Waals surface area contributed by atoms with E-state index in [0.717, 1.165) is 24.0 Å². The number of aliphatic hydroxyl groups excluding tert-OH is 1. The van der Waals surface area contributed by atoms with E-state index in [2.05, 4.69) is 0 Å². The fraction of sp³-hybridized carbons (Fsp3) is 0.611. The lowest BCUT2D eigenvalue weighted by atomic mass is 9.85. The number of morpholine rings is 1. The lowest BCUT2D eigenvalue weighted by Crippen LogP contribution is -2.56. The minimum atomic E-state index is -4.37. The number of hydrogen-bond donors (Lipinski definition) is 1. The quantitative estimate of drug-likeness (QED) is 0.819. The molecule has 1 aromatic carbocycles. The Balaban J connectivity index is 1.73. The number of aldehydes is 1. The molecule has 26 heavy (non-hydrogen) atoms. The van der Waals surface area contributed by atoms with Crippen LogP contribution in [0.3, 0.4) is 0 Å². The number of carbonyl (C=O) groups excluding carboxylic acids is 1. The van der Waals surface area contributed by atoms with Crippen LogP contribution in [0.2, 0.25) is 0 Å². The van der Waals surface area contributed by atoms with Crippen molar-refractivity contribution >= 4 is 6.29 Å². The summed E-state index contributed by atoms with van der Waals surface area (Å²) in [5.74, 6) is -0.358. The van der Waals surface area contributed by atoms with Crippen LogP contribution in [-0.4, -0.2) is 66.9 Å². The number of carbonyl (C=O) groups is 1. The van der Waals surface area contributed by atoms with Gasteiger partial charge in [-0.3, -0.25) is 9.80 Å². The maximum atomic E-state index is 12.7. The highest BCUT2D eigenvalue weighted by atomic mass is 19.4. The number of rotatable bonds is 4. The van der Waals surface area contributed by atoms with E-state index in [1.54, 1.807) is 0 Å². The number of alkyl halides is 3. The van der Waals surface area contributed by atoms with Crippen molar-refractivity contribution in [3.8, 4) is 0 Å². The van der Waals surface area contributed by atoms with Crippen LogP contribution in [0.4, 0.5) is 13.2 Å². The zero-order valence-electron chi connectivity index (χ0n) is 14.4. The third-order valence-corrected chi connectivity index (χ3v) is 5.11. The molecular weight excluding hydrogens is 349 g/mol. The summed E-state index contributed by atoms with van der Waals surface area (Å²) in [6, 6.07) is 5.09. The minimum absolute atomic E-state index is 0.100. The fourth-order valence-corrected chi connectivity index (χ4v) is 3.69. The lowest BCUT2D eigenvalue weighted by Gasteiger charge is -2.43. The molecule has 2 heterocycles. The third kappa shape index (κ3) is 4.43. The predicted molar refractivity (Wildman–Crippen MR) is 88.3 cm³/mol. The molecule has 2 saturated heterocycles. The highest BCUT2D eigenvalue weighted by Gasteiger charge is 2.35. The lowest BCUT2D eigenvalue weighted by molar-refractivity contribution is -0.152. The van der Waals surface area contributed by atoms with Gasteiger partial charge in [0.05, 0.1) is 18.8 Å². The Bertz CT molecular complexity index is 603. The van der Waals surface area contributed by atoms with E-state index in [-0.39, 0.29) is 11.8 Å². The van der Waals surface area contributed by atoms with Gasteiger partial charge in [0.2, 0.25) is 0 Å². The molecule has 3 rings (SSSR count). The number of halogens is 3. The first kappa shape index (κ1) is 19.3. The Labute approximate surface area is 150 Å². The van der Waals surface area contributed by atoms with Gasteiger partial charge in [-0.15, -0.1) is 0 Å². The molecule has 1 aromatic rings. The van der Waals surface area contributed by atoms with Crippen LogP contribution in [-0.2, 0) is 15.7 Å². The number of nitrogens with zero attached hydrogens (tertiary/aromatic N) is 2. The number of aliphatic hydroxyl groups is 1. The summed E-state index contributed by atoms with van der Waals surface area (Å²) in [7, 11) is 0. The molecule has 0 bridgehead atoms. The van der Waals surface area contributed by atoms with E-state index < -0.39 is 18.1 Å². The molecule has 3 atom stereocenters. The van der Waals surface area contributed by atoms with E-state index in [9.17, 15) is 23.1 Å². The van der Waals surface area contributed by atoms with Crippen LogP contribution in [0.1, 0.15) is 23.5 Å². The van der Waals surface area contributed by atoms with Crippen LogP contribution >= 0.6 is 0 Å². The van der Waals surface area contributed by atoms with Crippen molar-refractivity contribution in [2.45, 2.75) is 24.9 Å². The van der Waals surface area contributed by atoms with Gasteiger partial charge in [-0.2, -0.15) is 13.2 Å². The van der Waals surface area contributed by atoms with Crippen LogP contribution in [0, 0.1) is 5.92 Å². The Morgan fingerprint density at radius 3 is 2.35 bits per heavy atom. The highest BCUT2D eigenvalue weighted by Crippen LogP contribution is 2.34. The first-order valence-electron chi connectivity index (χ1n) is 8.75. The van der Waals surface area contributed by atoms with E-state index in [0.29, 0.717) is 45.8 Å². The summed E-state index contributed by atoms with van der Waals surface area (Å²) in [6.07, 6.45) is -3.75. The van der Waals surface area contributed by atoms with Crippen molar-refractivity contribution in [1.82, 2.24) is 9.80 Å². The summed E-state index contributed by atoms with van der Waals surface area (Å²) in [6.45, 7) is 3.24. The number of likely N-dealkylation sites (tertiary alicyclic amines) is 1. The maximum Gasteiger partial charge on any atom is 0.416 e. The average molecular weight is 372 g/mol. The van der Waals surface area contributed by atoms with Crippen LogP contribution in [0.5, 0.6) is 0 Å². The van der Waals surface area contributed by atoms with Gasteiger partial charge < -0.3 is 14.6 Å². The number of benzene rings is 1. The van der Waals surface area contributed by atoms with Crippen LogP contribution in [0.25, 0.3) is 0 Å². The molecule has 0 saturated carbocycles. The van der Waals surface area contributed by atoms with Gasteiger partial charge in [0.15, 0.2) is 6.35 Å². The Morgan fingerprint density at radius 1 is 1.12 bits per heavy atom. The summed E-state index contributed by atoms with van der Waals surface area (Å²) < 4.78 is 43.5. The summed E-state index contributed by atoms with van der Waals surface area (Å²) >= 11 is 0. The average Bonchev–Trinajstić information content (AvgIpc) is 2.67. The van der Waals surface area contributed by atoms with Gasteiger partial charge in [-0.05, 0) is 30.0 Å². The Morgan fingerprint density at radius 2 is 1.77 bits per heavy atom. The molecule has 144 valence electrons. The predicted octanol–water partition coefficient (Wildman–Crippen LogP) is 1.92. The standard InChI is InChI=1S/C18H23F3N2O3/c19-18(20,21)16-3-1-14(2-4-16)15-9-13(12-24)10-23(11-15)17(25)22-5-7-26-8-6-22/h1-4,12-13,15,17,25H,5-11H2. The summed E-state index contributed by atoms with van der Waals surface area (Å²) in [5.41, 5.74) is 0.0675. The SMILES string of the molecule is O=CC1CC(c2ccc(C(F)(F)F)cc2)CN(C(O)N2CCOCC2)C1. The fourth-order valence-electron chi connectivity index (χ4n) is 3.69. The van der Waals surface area contributed by atoms with Gasteiger partial charge in [0.1, 0.15) is 6.29 Å². The monoisotopic (exact) mass is 372 g/mol. The van der Waals surface area contributed by atoms with Crippen molar-refractivity contribution in [3.63, 3.8) is 0 Å². The van der Waals surface area contributed by atoms with E-state index in [1.165, 1.54) is 12.1 Å². The molecule has 1 N–H and O–H groups in total. The smallest absolute Gasteiger partial charge is 0.379 e. The normalized spacial score (nSPS) is 27.2. The molecule has 2 aliphatic rings. The topological polar surface area (TPSA) is 53.0 Å². The second-order valence-corrected chi connectivity index (χ2v) is 6.90. The largest absolute Gasteiger partial charge is 0.416 e. The van der Waals surface area contributed by atoms with Gasteiger partial charge in [0, 0.05) is 32.1 Å². The van der Waals surface area contributed by atoms with Crippen LogP contribution in [0.15, 0.2) is 24.3 Å². The van der Waals surface area contributed by atoms with Crippen molar-refractivity contribution in [2.75, 3.05) is 39.4 Å². The molecule has 8 heteroatoms. The van der Waals surface area contributed by atoms with Crippen molar-refractivity contribution in [1.29, 1.82) is 0 Å². The van der Waals surface area contributed by atoms with E-state index in [4.69, 9.17) is 4.74 Å². The number of piperidine rings is 1. The minimum Gasteiger partial charge on any atom is -0.379 e. The maximum absolute atomic E-state index is 12.7. The van der Waals surface area contributed by atoms with Crippen molar-refractivity contribution in [2.24, 2.45) is 5.92 Å². The second-order valence-electron chi connectivity index (χ2n) is 6.90. The van der Waals surface area contributed by atoms with Crippen molar-refractivity contribution < 1.29 is 27.8 Å². The first-order chi connectivity index (χ1) is 12.4. The van der Waals surface area contributed by atoms with E-state index >= 15 is 0 Å². The number of ether oxygens (including phenoxy) is 1. The zero-order chi connectivity index (χ0) is 18.7. The zero-order valence-corrected chi connectivity index (χ0v) is 14.4. The van der Waals surface area contributed by atoms with Gasteiger partial charge in [-0.25, -0.2) is 0 Å². The van der Waals surface area contributed by atoms with Gasteiger partial charge in [0.25, 0.3) is 0 Å². The van der Waals surface area contributed by atoms with Crippen molar-refractivity contribution in [3.05, 3.63) is 35.4 Å². The molecule has 2 aliphatic heterocycles. The molecule has 0 spiro atoms. The highest BCUT2D eigenvalue weighted by molar-refractivity contribution is 5.54. The molecule has 0 amide bonds. The molecule has 3 unspecified atom stereocenters. The summed E-state index contributed by atoms with van der Waals surface area (Å²) in [5, 5.41) is 10.7. The molecule has 2 fully saturated rings. The molecule has 0 radical (unpaired) electrons. The van der Waals surface area contributed by atoms with E-state index in [1.807, 2.05) is 9.80 Å². The third-order valence-electron chi connectivity index (χ3n) is 5.11. The molecule has 5 nitrogen and oxygen atoms in total. The van der Waals surface area contributed by atoms with Gasteiger partial charge >= 0.3 is 6.18 Å². The molecule has 0 aliphatic carbocycles. The summed E-state index contributed by atoms with van der Waals surface area (Å²) in [4.78, 5) is 15.1. The molecule has 0 aromatic heterocycles. The number of hydrogen-bond acceptors (Lipinski definition) is 5. The van der Waals surface area contributed by atoms with Gasteiger partial charge in [-0.1, -0.05) is 12.1 Å². The van der Waals surface area contributed by atoms with Crippen LogP contribution < -0.4 is 0 Å².